The lowest BCUT2D eigenvalue weighted by atomic mass is 9.76. The first-order valence-electron chi connectivity index (χ1n) is 6.68. The number of likely N-dealkylation sites (tertiary alicyclic amines) is 1. The van der Waals surface area contributed by atoms with Crippen LogP contribution in [0, 0.1) is 5.41 Å². The summed E-state index contributed by atoms with van der Waals surface area (Å²) in [5, 5.41) is 11.6. The number of piperidine rings is 1. The Labute approximate surface area is 121 Å². The smallest absolute Gasteiger partial charge is 0.309 e. The first-order valence-corrected chi connectivity index (χ1v) is 7.56. The van der Waals surface area contributed by atoms with E-state index in [9.17, 15) is 14.7 Å². The highest BCUT2D eigenvalue weighted by atomic mass is 32.1. The van der Waals surface area contributed by atoms with Gasteiger partial charge in [-0.25, -0.2) is 4.98 Å². The van der Waals surface area contributed by atoms with Crippen LogP contribution in [0.3, 0.4) is 0 Å². The standard InChI is InChI=1S/C13H19N3O3S/c1-2-13(11(18)19)3-5-16(6-4-13)10(17)7-9-8-20-12(14)15-9/h8H,2-7H2,1H3,(H2,14,15)(H,18,19). The number of carboxylic acid groups (broad SMARTS) is 1. The molecule has 0 unspecified atom stereocenters. The Hall–Kier alpha value is -1.63. The number of aliphatic carboxylic acids is 1. The summed E-state index contributed by atoms with van der Waals surface area (Å²) in [6, 6.07) is 0. The molecule has 0 spiro atoms. The van der Waals surface area contributed by atoms with Crippen molar-refractivity contribution in [3.63, 3.8) is 0 Å². The topological polar surface area (TPSA) is 96.5 Å². The molecule has 1 amide bonds. The van der Waals surface area contributed by atoms with Crippen LogP contribution in [0.15, 0.2) is 5.38 Å². The van der Waals surface area contributed by atoms with Gasteiger partial charge in [-0.2, -0.15) is 0 Å². The Balaban J connectivity index is 1.93. The summed E-state index contributed by atoms with van der Waals surface area (Å²) in [4.78, 5) is 29.3. The first kappa shape index (κ1) is 14.8. The van der Waals surface area contributed by atoms with Gasteiger partial charge in [0.05, 0.1) is 17.5 Å². The predicted octanol–water partition coefficient (Wildman–Crippen LogP) is 1.37. The molecule has 0 aromatic carbocycles. The summed E-state index contributed by atoms with van der Waals surface area (Å²) in [6.45, 7) is 2.89. The fourth-order valence-electron chi connectivity index (χ4n) is 2.57. The SMILES string of the molecule is CCC1(C(=O)O)CCN(C(=O)Cc2csc(N)n2)CC1. The van der Waals surface area contributed by atoms with Crippen LogP contribution in [0.4, 0.5) is 5.13 Å². The summed E-state index contributed by atoms with van der Waals surface area (Å²) < 4.78 is 0. The molecular weight excluding hydrogens is 278 g/mol. The Morgan fingerprint density at radius 3 is 2.60 bits per heavy atom. The van der Waals surface area contributed by atoms with Crippen molar-refractivity contribution in [2.45, 2.75) is 32.6 Å². The van der Waals surface area contributed by atoms with E-state index in [0.29, 0.717) is 43.2 Å². The highest BCUT2D eigenvalue weighted by Crippen LogP contribution is 2.35. The number of carbonyl (C=O) groups excluding carboxylic acids is 1. The van der Waals surface area contributed by atoms with Gasteiger partial charge < -0.3 is 15.7 Å². The van der Waals surface area contributed by atoms with E-state index in [1.54, 1.807) is 10.3 Å². The van der Waals surface area contributed by atoms with Gasteiger partial charge in [-0.15, -0.1) is 11.3 Å². The second kappa shape index (κ2) is 5.78. The lowest BCUT2D eigenvalue weighted by Gasteiger charge is -2.38. The van der Waals surface area contributed by atoms with Gasteiger partial charge in [-0.05, 0) is 19.3 Å². The predicted molar refractivity (Wildman–Crippen MR) is 76.4 cm³/mol. The highest BCUT2D eigenvalue weighted by Gasteiger charge is 2.40. The number of nitrogens with two attached hydrogens (primary N) is 1. The molecule has 0 saturated carbocycles. The molecule has 1 saturated heterocycles. The largest absolute Gasteiger partial charge is 0.481 e. The highest BCUT2D eigenvalue weighted by molar-refractivity contribution is 7.13. The van der Waals surface area contributed by atoms with E-state index >= 15 is 0 Å². The van der Waals surface area contributed by atoms with Gasteiger partial charge in [0.1, 0.15) is 0 Å². The van der Waals surface area contributed by atoms with Crippen LogP contribution in [0.25, 0.3) is 0 Å². The lowest BCUT2D eigenvalue weighted by Crippen LogP contribution is -2.46. The van der Waals surface area contributed by atoms with Gasteiger partial charge in [-0.3, -0.25) is 9.59 Å². The number of rotatable bonds is 4. The quantitative estimate of drug-likeness (QED) is 0.875. The van der Waals surface area contributed by atoms with Crippen LogP contribution >= 0.6 is 11.3 Å². The summed E-state index contributed by atoms with van der Waals surface area (Å²) in [5.74, 6) is -0.759. The van der Waals surface area contributed by atoms with Gasteiger partial charge in [0.15, 0.2) is 5.13 Å². The van der Waals surface area contributed by atoms with E-state index in [1.807, 2.05) is 6.92 Å². The average Bonchev–Trinajstić information content (AvgIpc) is 2.84. The molecule has 0 aliphatic carbocycles. The Bertz CT molecular complexity index is 507. The normalized spacial score (nSPS) is 17.9. The zero-order valence-electron chi connectivity index (χ0n) is 11.5. The molecule has 2 heterocycles. The zero-order valence-corrected chi connectivity index (χ0v) is 12.3. The number of anilines is 1. The number of amides is 1. The van der Waals surface area contributed by atoms with Crippen LogP contribution < -0.4 is 5.73 Å². The van der Waals surface area contributed by atoms with Crippen molar-refractivity contribution >= 4 is 28.3 Å². The van der Waals surface area contributed by atoms with E-state index in [2.05, 4.69) is 4.98 Å². The van der Waals surface area contributed by atoms with Crippen LogP contribution in [0.5, 0.6) is 0 Å². The minimum Gasteiger partial charge on any atom is -0.481 e. The van der Waals surface area contributed by atoms with Crippen molar-refractivity contribution in [3.8, 4) is 0 Å². The summed E-state index contributed by atoms with van der Waals surface area (Å²) in [6.07, 6.45) is 1.88. The minimum atomic E-state index is -0.751. The van der Waals surface area contributed by atoms with Gasteiger partial charge in [-0.1, -0.05) is 6.92 Å². The number of hydrogen-bond acceptors (Lipinski definition) is 5. The molecule has 1 aromatic heterocycles. The third-order valence-corrected chi connectivity index (χ3v) is 4.83. The maximum atomic E-state index is 12.1. The third-order valence-electron chi connectivity index (χ3n) is 4.11. The molecule has 110 valence electrons. The van der Waals surface area contributed by atoms with Gasteiger partial charge in [0, 0.05) is 18.5 Å². The van der Waals surface area contributed by atoms with Crippen molar-refractivity contribution in [2.75, 3.05) is 18.8 Å². The van der Waals surface area contributed by atoms with Crippen LogP contribution in [0.1, 0.15) is 31.9 Å². The number of hydrogen-bond donors (Lipinski definition) is 2. The fourth-order valence-corrected chi connectivity index (χ4v) is 3.14. The molecule has 1 aromatic rings. The summed E-state index contributed by atoms with van der Waals surface area (Å²) >= 11 is 1.32. The Morgan fingerprint density at radius 2 is 2.15 bits per heavy atom. The number of carboxylic acids is 1. The Morgan fingerprint density at radius 1 is 1.50 bits per heavy atom. The number of carbonyl (C=O) groups is 2. The number of thiazole rings is 1. The lowest BCUT2D eigenvalue weighted by molar-refractivity contribution is -0.154. The van der Waals surface area contributed by atoms with Crippen molar-refractivity contribution in [2.24, 2.45) is 5.41 Å². The average molecular weight is 297 g/mol. The minimum absolute atomic E-state index is 0.00890. The molecule has 0 atom stereocenters. The molecule has 7 heteroatoms. The molecule has 3 N–H and O–H groups in total. The van der Waals surface area contributed by atoms with E-state index < -0.39 is 11.4 Å². The first-order chi connectivity index (χ1) is 9.47. The molecule has 0 radical (unpaired) electrons. The molecule has 6 nitrogen and oxygen atoms in total. The van der Waals surface area contributed by atoms with E-state index in [1.165, 1.54) is 11.3 Å². The van der Waals surface area contributed by atoms with Gasteiger partial charge in [0.2, 0.25) is 5.91 Å². The molecule has 1 fully saturated rings. The van der Waals surface area contributed by atoms with E-state index in [-0.39, 0.29) is 12.3 Å². The molecule has 1 aliphatic heterocycles. The maximum absolute atomic E-state index is 12.1. The fraction of sp³-hybridized carbons (Fsp3) is 0.615. The molecule has 20 heavy (non-hydrogen) atoms. The van der Waals surface area contributed by atoms with Crippen LogP contribution in [-0.2, 0) is 16.0 Å². The van der Waals surface area contributed by atoms with Gasteiger partial charge >= 0.3 is 5.97 Å². The van der Waals surface area contributed by atoms with E-state index in [4.69, 9.17) is 5.73 Å². The molecule has 1 aliphatic rings. The van der Waals surface area contributed by atoms with Crippen molar-refractivity contribution in [1.29, 1.82) is 0 Å². The van der Waals surface area contributed by atoms with Crippen LogP contribution in [-0.4, -0.2) is 40.0 Å². The number of aromatic nitrogens is 1. The monoisotopic (exact) mass is 297 g/mol. The van der Waals surface area contributed by atoms with Crippen molar-refractivity contribution < 1.29 is 14.7 Å². The van der Waals surface area contributed by atoms with Crippen LogP contribution in [0.2, 0.25) is 0 Å². The Kier molecular flexibility index (Phi) is 4.27. The van der Waals surface area contributed by atoms with Gasteiger partial charge in [0.25, 0.3) is 0 Å². The maximum Gasteiger partial charge on any atom is 0.309 e. The second-order valence-electron chi connectivity index (χ2n) is 5.17. The summed E-state index contributed by atoms with van der Waals surface area (Å²) in [7, 11) is 0. The van der Waals surface area contributed by atoms with Crippen molar-refractivity contribution in [1.82, 2.24) is 9.88 Å². The summed E-state index contributed by atoms with van der Waals surface area (Å²) in [5.41, 5.74) is 5.56. The third kappa shape index (κ3) is 2.92. The molecule has 2 rings (SSSR count). The van der Waals surface area contributed by atoms with E-state index in [0.717, 1.165) is 0 Å². The van der Waals surface area contributed by atoms with Crippen molar-refractivity contribution in [3.05, 3.63) is 11.1 Å². The zero-order chi connectivity index (χ0) is 14.8. The number of nitrogens with zero attached hydrogens (tertiary/aromatic N) is 2. The number of nitrogen functional groups attached to an aromatic ring is 1. The second-order valence-corrected chi connectivity index (χ2v) is 6.06. The molecule has 0 bridgehead atoms. The molecular formula is C13H19N3O3S.